The number of likely N-dealkylation sites (N-methyl/N-ethyl adjacent to an activating group) is 1. The molecule has 15 heavy (non-hydrogen) atoms. The molecule has 0 radical (unpaired) electrons. The van der Waals surface area contributed by atoms with Crippen LogP contribution in [0.2, 0.25) is 0 Å². The molecule has 0 aromatic heterocycles. The Balaban J connectivity index is 2.37. The largest absolute Gasteiger partial charge is 0.493 e. The van der Waals surface area contributed by atoms with Crippen molar-refractivity contribution in [2.45, 2.75) is 25.8 Å². The predicted molar refractivity (Wildman–Crippen MR) is 62.4 cm³/mol. The molecule has 82 valence electrons. The molecule has 1 aliphatic rings. The van der Waals surface area contributed by atoms with Gasteiger partial charge < -0.3 is 10.1 Å². The minimum absolute atomic E-state index is 0.491. The van der Waals surface area contributed by atoms with E-state index in [0.717, 1.165) is 12.4 Å². The summed E-state index contributed by atoms with van der Waals surface area (Å²) in [6, 6.07) is 8.87. The van der Waals surface area contributed by atoms with Gasteiger partial charge in [-0.05, 0) is 31.5 Å². The van der Waals surface area contributed by atoms with E-state index >= 15 is 0 Å². The van der Waals surface area contributed by atoms with Crippen LogP contribution < -0.4 is 10.1 Å². The Hall–Kier alpha value is -1.02. The van der Waals surface area contributed by atoms with Crippen molar-refractivity contribution in [3.05, 3.63) is 29.8 Å². The Morgan fingerprint density at radius 1 is 1.40 bits per heavy atom. The summed E-state index contributed by atoms with van der Waals surface area (Å²) in [5.74, 6) is 2.19. The SMILES string of the molecule is CNC(C)C1c2ccccc2OCC1C. The smallest absolute Gasteiger partial charge is 0.122 e. The molecule has 1 heterocycles. The Morgan fingerprint density at radius 2 is 2.13 bits per heavy atom. The van der Waals surface area contributed by atoms with E-state index in [4.69, 9.17) is 4.74 Å². The average molecular weight is 205 g/mol. The van der Waals surface area contributed by atoms with Gasteiger partial charge in [-0.2, -0.15) is 0 Å². The third-order valence-electron chi connectivity index (χ3n) is 3.39. The van der Waals surface area contributed by atoms with Crippen LogP contribution in [0.4, 0.5) is 0 Å². The maximum Gasteiger partial charge on any atom is 0.122 e. The summed E-state index contributed by atoms with van der Waals surface area (Å²) >= 11 is 0. The Kier molecular flexibility index (Phi) is 2.96. The third kappa shape index (κ3) is 1.86. The lowest BCUT2D eigenvalue weighted by molar-refractivity contribution is 0.188. The number of benzene rings is 1. The topological polar surface area (TPSA) is 21.3 Å². The van der Waals surface area contributed by atoms with Gasteiger partial charge in [-0.1, -0.05) is 25.1 Å². The number of rotatable bonds is 2. The molecule has 0 aliphatic carbocycles. The van der Waals surface area contributed by atoms with Gasteiger partial charge in [0.15, 0.2) is 0 Å². The molecule has 1 aromatic carbocycles. The predicted octanol–water partition coefficient (Wildman–Crippen LogP) is 2.41. The number of hydrogen-bond acceptors (Lipinski definition) is 2. The fourth-order valence-electron chi connectivity index (χ4n) is 2.46. The molecule has 1 aliphatic heterocycles. The third-order valence-corrected chi connectivity index (χ3v) is 3.39. The van der Waals surface area contributed by atoms with E-state index in [-0.39, 0.29) is 0 Å². The van der Waals surface area contributed by atoms with Gasteiger partial charge in [0.1, 0.15) is 5.75 Å². The zero-order chi connectivity index (χ0) is 10.8. The van der Waals surface area contributed by atoms with Crippen molar-refractivity contribution in [1.82, 2.24) is 5.32 Å². The molecule has 2 heteroatoms. The molecular formula is C13H19NO. The van der Waals surface area contributed by atoms with Gasteiger partial charge in [0.25, 0.3) is 0 Å². The van der Waals surface area contributed by atoms with E-state index in [1.165, 1.54) is 5.56 Å². The van der Waals surface area contributed by atoms with Crippen molar-refractivity contribution in [3.8, 4) is 5.75 Å². The second-order valence-corrected chi connectivity index (χ2v) is 4.43. The summed E-state index contributed by atoms with van der Waals surface area (Å²) in [6.45, 7) is 5.32. The first kappa shape index (κ1) is 10.5. The normalized spacial score (nSPS) is 26.6. The molecule has 1 aromatic rings. The van der Waals surface area contributed by atoms with Crippen LogP contribution in [-0.2, 0) is 0 Å². The standard InChI is InChI=1S/C13H19NO/c1-9-8-15-12-7-5-4-6-11(12)13(9)10(2)14-3/h4-7,9-10,13-14H,8H2,1-3H3. The van der Waals surface area contributed by atoms with E-state index in [1.807, 2.05) is 13.1 Å². The van der Waals surface area contributed by atoms with E-state index in [9.17, 15) is 0 Å². The number of ether oxygens (including phenoxy) is 1. The van der Waals surface area contributed by atoms with Gasteiger partial charge in [-0.25, -0.2) is 0 Å². The second kappa shape index (κ2) is 4.23. The summed E-state index contributed by atoms with van der Waals surface area (Å²) in [5.41, 5.74) is 1.35. The Labute approximate surface area is 91.6 Å². The van der Waals surface area contributed by atoms with Crippen LogP contribution in [0.3, 0.4) is 0 Å². The maximum atomic E-state index is 5.73. The molecule has 0 bridgehead atoms. The minimum Gasteiger partial charge on any atom is -0.493 e. The van der Waals surface area contributed by atoms with Gasteiger partial charge in [0.05, 0.1) is 6.61 Å². The molecule has 0 fully saturated rings. The fraction of sp³-hybridized carbons (Fsp3) is 0.538. The van der Waals surface area contributed by atoms with Crippen molar-refractivity contribution >= 4 is 0 Å². The van der Waals surface area contributed by atoms with Crippen molar-refractivity contribution in [3.63, 3.8) is 0 Å². The average Bonchev–Trinajstić information content (AvgIpc) is 2.28. The monoisotopic (exact) mass is 205 g/mol. The molecule has 0 amide bonds. The van der Waals surface area contributed by atoms with Crippen molar-refractivity contribution < 1.29 is 4.74 Å². The second-order valence-electron chi connectivity index (χ2n) is 4.43. The minimum atomic E-state index is 0.491. The Bertz CT molecular complexity index is 337. The highest BCUT2D eigenvalue weighted by Gasteiger charge is 2.30. The van der Waals surface area contributed by atoms with Crippen LogP contribution in [-0.4, -0.2) is 19.7 Å². The highest BCUT2D eigenvalue weighted by atomic mass is 16.5. The lowest BCUT2D eigenvalue weighted by atomic mass is 9.80. The zero-order valence-corrected chi connectivity index (χ0v) is 9.66. The van der Waals surface area contributed by atoms with Gasteiger partial charge in [0.2, 0.25) is 0 Å². The van der Waals surface area contributed by atoms with Crippen LogP contribution in [0.5, 0.6) is 5.75 Å². The van der Waals surface area contributed by atoms with Crippen LogP contribution in [0.25, 0.3) is 0 Å². The van der Waals surface area contributed by atoms with E-state index in [0.29, 0.717) is 17.9 Å². The summed E-state index contributed by atoms with van der Waals surface area (Å²) < 4.78 is 5.73. The van der Waals surface area contributed by atoms with Gasteiger partial charge in [0, 0.05) is 12.0 Å². The van der Waals surface area contributed by atoms with Gasteiger partial charge in [-0.15, -0.1) is 0 Å². The number of nitrogens with one attached hydrogen (secondary N) is 1. The van der Waals surface area contributed by atoms with Crippen LogP contribution in [0, 0.1) is 5.92 Å². The van der Waals surface area contributed by atoms with Crippen LogP contribution in [0.15, 0.2) is 24.3 Å². The molecule has 1 N–H and O–H groups in total. The maximum absolute atomic E-state index is 5.73. The van der Waals surface area contributed by atoms with E-state index in [1.54, 1.807) is 0 Å². The number of para-hydroxylation sites is 1. The van der Waals surface area contributed by atoms with E-state index in [2.05, 4.69) is 37.4 Å². The quantitative estimate of drug-likeness (QED) is 0.800. The Morgan fingerprint density at radius 3 is 2.87 bits per heavy atom. The summed E-state index contributed by atoms with van der Waals surface area (Å²) in [4.78, 5) is 0. The molecule has 0 spiro atoms. The number of fused-ring (bicyclic) bond motifs is 1. The molecule has 2 nitrogen and oxygen atoms in total. The molecule has 3 atom stereocenters. The van der Waals surface area contributed by atoms with Crippen LogP contribution >= 0.6 is 0 Å². The summed E-state index contributed by atoms with van der Waals surface area (Å²) in [5, 5.41) is 3.35. The van der Waals surface area contributed by atoms with Gasteiger partial charge >= 0.3 is 0 Å². The molecule has 2 rings (SSSR count). The summed E-state index contributed by atoms with van der Waals surface area (Å²) in [6.07, 6.45) is 0. The molecule has 3 unspecified atom stereocenters. The van der Waals surface area contributed by atoms with Crippen LogP contribution in [0.1, 0.15) is 25.3 Å². The molecule has 0 saturated heterocycles. The first-order valence-electron chi connectivity index (χ1n) is 5.63. The van der Waals surface area contributed by atoms with Crippen molar-refractivity contribution in [2.24, 2.45) is 5.92 Å². The molecular weight excluding hydrogens is 186 g/mol. The fourth-order valence-corrected chi connectivity index (χ4v) is 2.46. The lowest BCUT2D eigenvalue weighted by Crippen LogP contribution is -2.37. The summed E-state index contributed by atoms with van der Waals surface area (Å²) in [7, 11) is 2.02. The van der Waals surface area contributed by atoms with Crippen molar-refractivity contribution in [1.29, 1.82) is 0 Å². The lowest BCUT2D eigenvalue weighted by Gasteiger charge is -2.35. The first-order valence-corrected chi connectivity index (χ1v) is 5.63. The highest BCUT2D eigenvalue weighted by Crippen LogP contribution is 2.38. The molecule has 0 saturated carbocycles. The van der Waals surface area contributed by atoms with Crippen molar-refractivity contribution in [2.75, 3.05) is 13.7 Å². The highest BCUT2D eigenvalue weighted by molar-refractivity contribution is 5.39. The number of hydrogen-bond donors (Lipinski definition) is 1. The first-order chi connectivity index (χ1) is 7.24. The van der Waals surface area contributed by atoms with Gasteiger partial charge in [-0.3, -0.25) is 0 Å². The van der Waals surface area contributed by atoms with E-state index < -0.39 is 0 Å². The zero-order valence-electron chi connectivity index (χ0n) is 9.66.